The summed E-state index contributed by atoms with van der Waals surface area (Å²) in [5, 5.41) is 0. The molecule has 1 fully saturated rings. The molecule has 1 atom stereocenters. The second-order valence-electron chi connectivity index (χ2n) is 7.90. The second-order valence-corrected chi connectivity index (χ2v) is 7.90. The summed E-state index contributed by atoms with van der Waals surface area (Å²) >= 11 is 0. The lowest BCUT2D eigenvalue weighted by Gasteiger charge is -2.27. The molecule has 0 saturated carbocycles. The Morgan fingerprint density at radius 2 is 1.91 bits per heavy atom. The first-order valence-corrected chi connectivity index (χ1v) is 7.98. The molecule has 1 aromatic rings. The summed E-state index contributed by atoms with van der Waals surface area (Å²) in [7, 11) is 0. The normalized spacial score (nSPS) is 22.0. The van der Waals surface area contributed by atoms with Gasteiger partial charge in [0.1, 0.15) is 5.60 Å². The van der Waals surface area contributed by atoms with Crippen LogP contribution in [-0.2, 0) is 11.2 Å². The highest BCUT2D eigenvalue weighted by atomic mass is 16.6. The summed E-state index contributed by atoms with van der Waals surface area (Å²) in [6.07, 6.45) is 1.78. The molecule has 1 saturated heterocycles. The highest BCUT2D eigenvalue weighted by molar-refractivity contribution is 5.68. The minimum atomic E-state index is -0.435. The van der Waals surface area contributed by atoms with Crippen LogP contribution in [0.2, 0.25) is 0 Å². The van der Waals surface area contributed by atoms with Crippen LogP contribution >= 0.6 is 0 Å². The Hall–Kier alpha value is -1.58. The number of nitrogens with zero attached hydrogens (tertiary/aromatic N) is 2. The third kappa shape index (κ3) is 4.46. The number of hydrogen-bond donors (Lipinski definition) is 0. The van der Waals surface area contributed by atoms with Gasteiger partial charge < -0.3 is 9.64 Å². The van der Waals surface area contributed by atoms with Crippen LogP contribution in [0.1, 0.15) is 51.1 Å². The number of aryl methyl sites for hydroxylation is 2. The van der Waals surface area contributed by atoms with E-state index in [0.29, 0.717) is 0 Å². The first-order valence-electron chi connectivity index (χ1n) is 7.98. The molecule has 0 spiro atoms. The largest absolute Gasteiger partial charge is 0.444 e. The Kier molecular flexibility index (Phi) is 4.50. The highest BCUT2D eigenvalue weighted by Crippen LogP contribution is 2.34. The maximum absolute atomic E-state index is 12.2. The van der Waals surface area contributed by atoms with Crippen molar-refractivity contribution in [2.75, 3.05) is 13.1 Å². The van der Waals surface area contributed by atoms with Gasteiger partial charge in [-0.25, -0.2) is 4.79 Å². The molecule has 0 bridgehead atoms. The molecule has 1 aliphatic heterocycles. The van der Waals surface area contributed by atoms with Gasteiger partial charge in [0, 0.05) is 24.5 Å². The molecule has 1 aromatic heterocycles. The predicted molar refractivity (Wildman–Crippen MR) is 87.9 cm³/mol. The number of carbonyl (C=O) groups excluding carboxylic acids is 1. The maximum Gasteiger partial charge on any atom is 0.410 e. The fraction of sp³-hybridized carbons (Fsp3) is 0.667. The molecule has 2 heterocycles. The van der Waals surface area contributed by atoms with E-state index in [0.717, 1.165) is 37.3 Å². The molecule has 0 N–H and O–H groups in total. The molecule has 22 heavy (non-hydrogen) atoms. The van der Waals surface area contributed by atoms with Crippen LogP contribution in [0, 0.1) is 19.3 Å². The van der Waals surface area contributed by atoms with E-state index in [4.69, 9.17) is 4.74 Å². The summed E-state index contributed by atoms with van der Waals surface area (Å²) in [5.41, 5.74) is 3.09. The summed E-state index contributed by atoms with van der Waals surface area (Å²) in [6, 6.07) is 4.29. The van der Waals surface area contributed by atoms with Crippen LogP contribution in [0.4, 0.5) is 4.79 Å². The van der Waals surface area contributed by atoms with E-state index >= 15 is 0 Å². The fourth-order valence-electron chi connectivity index (χ4n) is 3.17. The smallest absolute Gasteiger partial charge is 0.410 e. The minimum Gasteiger partial charge on any atom is -0.444 e. The standard InChI is InChI=1S/C18H28N2O2/c1-13-9-15(10-14(2)19-13)11-18(6)7-8-20(12-18)16(21)22-17(3,4)5/h9-10H,7-8,11-12H2,1-6H3. The van der Waals surface area contributed by atoms with Crippen molar-refractivity contribution in [1.82, 2.24) is 9.88 Å². The number of ether oxygens (including phenoxy) is 1. The molecule has 4 nitrogen and oxygen atoms in total. The SMILES string of the molecule is Cc1cc(CC2(C)CCN(C(=O)OC(C)(C)C)C2)cc(C)n1. The maximum atomic E-state index is 12.2. The van der Waals surface area contributed by atoms with Crippen LogP contribution in [0.5, 0.6) is 0 Å². The third-order valence-electron chi connectivity index (χ3n) is 3.98. The average molecular weight is 304 g/mol. The zero-order chi connectivity index (χ0) is 16.5. The molecule has 1 unspecified atom stereocenters. The third-order valence-corrected chi connectivity index (χ3v) is 3.98. The first kappa shape index (κ1) is 16.8. The van der Waals surface area contributed by atoms with E-state index in [1.807, 2.05) is 39.5 Å². The van der Waals surface area contributed by atoms with Crippen molar-refractivity contribution in [2.24, 2.45) is 5.41 Å². The van der Waals surface area contributed by atoms with Crippen molar-refractivity contribution in [1.29, 1.82) is 0 Å². The van der Waals surface area contributed by atoms with Crippen LogP contribution in [0.25, 0.3) is 0 Å². The van der Waals surface area contributed by atoms with E-state index < -0.39 is 5.60 Å². The molecule has 1 aliphatic rings. The van der Waals surface area contributed by atoms with Gasteiger partial charge in [-0.05, 0) is 70.6 Å². The van der Waals surface area contributed by atoms with Crippen molar-refractivity contribution >= 4 is 6.09 Å². The predicted octanol–water partition coefficient (Wildman–Crippen LogP) is 3.89. The van der Waals surface area contributed by atoms with Crippen LogP contribution in [0.15, 0.2) is 12.1 Å². The zero-order valence-corrected chi connectivity index (χ0v) is 14.7. The second kappa shape index (κ2) is 5.90. The monoisotopic (exact) mass is 304 g/mol. The Morgan fingerprint density at radius 3 is 2.45 bits per heavy atom. The summed E-state index contributed by atoms with van der Waals surface area (Å²) in [6.45, 7) is 13.5. The lowest BCUT2D eigenvalue weighted by Crippen LogP contribution is -2.36. The average Bonchev–Trinajstić information content (AvgIpc) is 2.67. The van der Waals surface area contributed by atoms with E-state index in [1.54, 1.807) is 0 Å². The number of hydrogen-bond acceptors (Lipinski definition) is 3. The van der Waals surface area contributed by atoms with E-state index in [9.17, 15) is 4.79 Å². The summed E-state index contributed by atoms with van der Waals surface area (Å²) < 4.78 is 5.48. The molecular weight excluding hydrogens is 276 g/mol. The Morgan fingerprint density at radius 1 is 1.32 bits per heavy atom. The Balaban J connectivity index is 2.02. The highest BCUT2D eigenvalue weighted by Gasteiger charge is 2.37. The number of rotatable bonds is 2. The van der Waals surface area contributed by atoms with Gasteiger partial charge in [0.25, 0.3) is 0 Å². The lowest BCUT2D eigenvalue weighted by atomic mass is 9.83. The summed E-state index contributed by atoms with van der Waals surface area (Å²) in [4.78, 5) is 18.5. The van der Waals surface area contributed by atoms with Gasteiger partial charge in [0.15, 0.2) is 0 Å². The molecule has 0 radical (unpaired) electrons. The first-order chi connectivity index (χ1) is 10.1. The Bertz CT molecular complexity index is 542. The molecule has 0 aromatic carbocycles. The van der Waals surface area contributed by atoms with Gasteiger partial charge in [-0.1, -0.05) is 6.92 Å². The topological polar surface area (TPSA) is 42.4 Å². The van der Waals surface area contributed by atoms with Gasteiger partial charge in [0.05, 0.1) is 0 Å². The number of likely N-dealkylation sites (tertiary alicyclic amines) is 1. The van der Waals surface area contributed by atoms with Crippen molar-refractivity contribution in [3.8, 4) is 0 Å². The Labute approximate surface area is 133 Å². The number of aromatic nitrogens is 1. The molecular formula is C18H28N2O2. The van der Waals surface area contributed by atoms with Crippen molar-refractivity contribution < 1.29 is 9.53 Å². The van der Waals surface area contributed by atoms with E-state index in [-0.39, 0.29) is 11.5 Å². The van der Waals surface area contributed by atoms with Gasteiger partial charge in [0.2, 0.25) is 0 Å². The molecule has 4 heteroatoms. The van der Waals surface area contributed by atoms with E-state index in [1.165, 1.54) is 5.56 Å². The van der Waals surface area contributed by atoms with Crippen LogP contribution in [0.3, 0.4) is 0 Å². The van der Waals surface area contributed by atoms with Crippen molar-refractivity contribution in [3.05, 3.63) is 29.1 Å². The van der Waals surface area contributed by atoms with Crippen molar-refractivity contribution in [3.63, 3.8) is 0 Å². The fourth-order valence-corrected chi connectivity index (χ4v) is 3.17. The summed E-state index contributed by atoms with van der Waals surface area (Å²) in [5.74, 6) is 0. The van der Waals surface area contributed by atoms with Gasteiger partial charge in [-0.2, -0.15) is 0 Å². The van der Waals surface area contributed by atoms with E-state index in [2.05, 4.69) is 24.0 Å². The lowest BCUT2D eigenvalue weighted by molar-refractivity contribution is 0.0275. The number of carbonyl (C=O) groups is 1. The molecule has 2 rings (SSSR count). The van der Waals surface area contributed by atoms with Gasteiger partial charge in [-0.15, -0.1) is 0 Å². The quantitative estimate of drug-likeness (QED) is 0.832. The molecule has 122 valence electrons. The zero-order valence-electron chi connectivity index (χ0n) is 14.7. The van der Waals surface area contributed by atoms with Crippen LogP contribution < -0.4 is 0 Å². The minimum absolute atomic E-state index is 0.108. The number of amides is 1. The van der Waals surface area contributed by atoms with Crippen molar-refractivity contribution in [2.45, 2.75) is 60.0 Å². The number of pyridine rings is 1. The van der Waals surface area contributed by atoms with Crippen LogP contribution in [-0.4, -0.2) is 34.7 Å². The molecule has 0 aliphatic carbocycles. The van der Waals surface area contributed by atoms with Gasteiger partial charge >= 0.3 is 6.09 Å². The van der Waals surface area contributed by atoms with Gasteiger partial charge in [-0.3, -0.25) is 4.98 Å². The molecule has 1 amide bonds.